The monoisotopic (exact) mass is 720 g/mol. The van der Waals surface area contributed by atoms with Gasteiger partial charge in [-0.1, -0.05) is 219 Å². The third kappa shape index (κ3) is 47.8. The maximum absolute atomic E-state index is 9.36. The maximum atomic E-state index is 9.36. The van der Waals surface area contributed by atoms with Crippen LogP contribution in [0, 0.1) is 5.92 Å². The summed E-state index contributed by atoms with van der Waals surface area (Å²) in [6.45, 7) is 6.91. The zero-order valence-corrected chi connectivity index (χ0v) is 34.5. The first-order chi connectivity index (χ1) is 23.8. The quantitative estimate of drug-likeness (QED) is 0.0486. The largest absolute Gasteiger partial charge is 0.397 e. The Hall–Kier alpha value is -0.210. The molecule has 0 aromatic rings. The van der Waals surface area contributed by atoms with Crippen molar-refractivity contribution in [3.05, 3.63) is 0 Å². The van der Waals surface area contributed by atoms with Gasteiger partial charge in [-0.05, 0) is 25.8 Å². The number of hydrogen-bond acceptors (Lipinski definition) is 5. The predicted molar refractivity (Wildman–Crippen MR) is 215 cm³/mol. The van der Waals surface area contributed by atoms with Gasteiger partial charge in [-0.25, -0.2) is 0 Å². The summed E-state index contributed by atoms with van der Waals surface area (Å²) in [5, 5.41) is 9.36. The van der Waals surface area contributed by atoms with E-state index in [2.05, 4.69) is 30.0 Å². The summed E-state index contributed by atoms with van der Waals surface area (Å²) >= 11 is 0. The van der Waals surface area contributed by atoms with Gasteiger partial charge in [-0.15, -0.1) is 0 Å². The molecule has 0 aliphatic carbocycles. The molecule has 0 fully saturated rings. The number of unbranched alkanes of at least 4 members (excludes halogenated alkanes) is 30. The number of nitrogens with zero attached hydrogens (tertiary/aromatic N) is 1. The van der Waals surface area contributed by atoms with Crippen molar-refractivity contribution in [3.63, 3.8) is 0 Å². The van der Waals surface area contributed by atoms with Crippen LogP contribution in [-0.2, 0) is 14.6 Å². The van der Waals surface area contributed by atoms with Gasteiger partial charge in [-0.2, -0.15) is 8.42 Å². The molecule has 7 heteroatoms. The second-order valence-electron chi connectivity index (χ2n) is 15.1. The van der Waals surface area contributed by atoms with E-state index in [-0.39, 0.29) is 0 Å². The van der Waals surface area contributed by atoms with Crippen molar-refractivity contribution in [1.29, 1.82) is 0 Å². The van der Waals surface area contributed by atoms with Crippen LogP contribution in [0.5, 0.6) is 0 Å². The third-order valence-electron chi connectivity index (χ3n) is 10.2. The summed E-state index contributed by atoms with van der Waals surface area (Å²) in [5.74, 6) is 0.829. The van der Waals surface area contributed by atoms with E-state index in [4.69, 9.17) is 4.55 Å². The number of aliphatic hydroxyl groups is 1. The summed E-state index contributed by atoms with van der Waals surface area (Å²) in [6, 6.07) is 0. The van der Waals surface area contributed by atoms with Gasteiger partial charge in [0.2, 0.25) is 0 Å². The van der Waals surface area contributed by atoms with Crippen molar-refractivity contribution in [2.45, 2.75) is 232 Å². The van der Waals surface area contributed by atoms with Crippen molar-refractivity contribution in [2.75, 3.05) is 33.9 Å². The standard InChI is InChI=1S/C41H85NO.CH4O4S/c1-4-6-8-10-12-14-16-18-20-22-24-26-28-30-32-34-36-41(40-42(3)38-39-43)37-35-33-31-29-27-25-23-21-19-17-15-13-11-9-7-5-2;1-5-6(2,3)4/h41,43H,4-40H2,1-3H3;1H3,(H,2,3,4). The van der Waals surface area contributed by atoms with E-state index in [1.165, 1.54) is 225 Å². The van der Waals surface area contributed by atoms with Gasteiger partial charge in [0.1, 0.15) is 0 Å². The molecule has 0 bridgehead atoms. The average molecular weight is 720 g/mol. The first-order valence-electron chi connectivity index (χ1n) is 21.6. The Bertz CT molecular complexity index is 669. The average Bonchev–Trinajstić information content (AvgIpc) is 3.07. The SMILES string of the molecule is CCCCCCCCCCCCCCCCCCC(CCCCCCCCCCCCCCCCCC)CN(C)CCO.COS(=O)(=O)O. The van der Waals surface area contributed by atoms with E-state index >= 15 is 0 Å². The molecule has 2 N–H and O–H groups in total. The minimum absolute atomic E-state index is 0.293. The van der Waals surface area contributed by atoms with Crippen LogP contribution < -0.4 is 0 Å². The topological polar surface area (TPSA) is 87.1 Å². The van der Waals surface area contributed by atoms with Gasteiger partial charge in [0.05, 0.1) is 13.7 Å². The Morgan fingerprint density at radius 1 is 0.490 bits per heavy atom. The van der Waals surface area contributed by atoms with E-state index in [0.717, 1.165) is 19.6 Å². The lowest BCUT2D eigenvalue weighted by molar-refractivity contribution is 0.192. The Morgan fingerprint density at radius 2 is 0.714 bits per heavy atom. The van der Waals surface area contributed by atoms with E-state index in [1.54, 1.807) is 0 Å². The molecule has 0 atom stereocenters. The van der Waals surface area contributed by atoms with E-state index in [0.29, 0.717) is 6.61 Å². The zero-order chi connectivity index (χ0) is 36.5. The molecule has 0 spiro atoms. The molecule has 49 heavy (non-hydrogen) atoms. The Morgan fingerprint density at radius 3 is 0.918 bits per heavy atom. The molecular formula is C42H89NO5S. The van der Waals surface area contributed by atoms with E-state index in [1.807, 2.05) is 0 Å². The number of likely N-dealkylation sites (N-methyl/N-ethyl adjacent to an activating group) is 1. The number of aliphatic hydroxyl groups excluding tert-OH is 1. The van der Waals surface area contributed by atoms with Crippen molar-refractivity contribution in [3.8, 4) is 0 Å². The van der Waals surface area contributed by atoms with E-state index < -0.39 is 10.4 Å². The van der Waals surface area contributed by atoms with Crippen LogP contribution >= 0.6 is 0 Å². The zero-order valence-electron chi connectivity index (χ0n) is 33.7. The number of rotatable bonds is 39. The summed E-state index contributed by atoms with van der Waals surface area (Å²) in [5.41, 5.74) is 0. The Balaban J connectivity index is 0. The Labute approximate surface area is 308 Å². The highest BCUT2D eigenvalue weighted by Crippen LogP contribution is 2.21. The highest BCUT2D eigenvalue weighted by molar-refractivity contribution is 7.80. The van der Waals surface area contributed by atoms with Gasteiger partial charge in [0, 0.05) is 13.1 Å². The highest BCUT2D eigenvalue weighted by Gasteiger charge is 2.11. The molecule has 6 nitrogen and oxygen atoms in total. The summed E-state index contributed by atoms with van der Waals surface area (Å²) in [7, 11) is -1.09. The minimum atomic E-state index is -4.16. The second-order valence-corrected chi connectivity index (χ2v) is 16.3. The van der Waals surface area contributed by atoms with Crippen molar-refractivity contribution < 1.29 is 22.3 Å². The van der Waals surface area contributed by atoms with Crippen molar-refractivity contribution in [2.24, 2.45) is 5.92 Å². The normalized spacial score (nSPS) is 11.8. The van der Waals surface area contributed by atoms with Gasteiger partial charge in [0.15, 0.2) is 0 Å². The molecule has 0 aliphatic rings. The molecule has 0 aromatic carbocycles. The molecular weight excluding hydrogens is 631 g/mol. The van der Waals surface area contributed by atoms with Crippen LogP contribution in [0.3, 0.4) is 0 Å². The minimum Gasteiger partial charge on any atom is -0.395 e. The van der Waals surface area contributed by atoms with Gasteiger partial charge >= 0.3 is 10.4 Å². The van der Waals surface area contributed by atoms with Crippen LogP contribution in [0.1, 0.15) is 232 Å². The fourth-order valence-corrected chi connectivity index (χ4v) is 6.99. The van der Waals surface area contributed by atoms with Crippen molar-refractivity contribution in [1.82, 2.24) is 4.90 Å². The van der Waals surface area contributed by atoms with Crippen LogP contribution in [-0.4, -0.2) is 56.8 Å². The molecule has 0 rings (SSSR count). The first kappa shape index (κ1) is 50.9. The lowest BCUT2D eigenvalue weighted by atomic mass is 9.93. The maximum Gasteiger partial charge on any atom is 0.397 e. The summed E-state index contributed by atoms with van der Waals surface area (Å²) in [6.07, 6.45) is 49.2. The van der Waals surface area contributed by atoms with Crippen LogP contribution in [0.4, 0.5) is 0 Å². The lowest BCUT2D eigenvalue weighted by Crippen LogP contribution is -2.28. The number of hydrogen-bond donors (Lipinski definition) is 2. The highest BCUT2D eigenvalue weighted by atomic mass is 32.3. The smallest absolute Gasteiger partial charge is 0.395 e. The molecule has 0 radical (unpaired) electrons. The fourth-order valence-electron chi connectivity index (χ4n) is 6.99. The van der Waals surface area contributed by atoms with Gasteiger partial charge in [-0.3, -0.25) is 8.74 Å². The summed E-state index contributed by atoms with van der Waals surface area (Å²) < 4.78 is 29.7. The first-order valence-corrected chi connectivity index (χ1v) is 23.0. The van der Waals surface area contributed by atoms with Gasteiger partial charge < -0.3 is 10.0 Å². The molecule has 0 saturated heterocycles. The van der Waals surface area contributed by atoms with Crippen molar-refractivity contribution >= 4 is 10.4 Å². The molecule has 0 unspecified atom stereocenters. The third-order valence-corrected chi connectivity index (χ3v) is 10.6. The fraction of sp³-hybridized carbons (Fsp3) is 1.00. The molecule has 0 aliphatic heterocycles. The lowest BCUT2D eigenvalue weighted by Gasteiger charge is -2.23. The van der Waals surface area contributed by atoms with Crippen LogP contribution in [0.25, 0.3) is 0 Å². The van der Waals surface area contributed by atoms with Crippen LogP contribution in [0.15, 0.2) is 0 Å². The molecule has 298 valence electrons. The van der Waals surface area contributed by atoms with Gasteiger partial charge in [0.25, 0.3) is 0 Å². The predicted octanol–water partition coefficient (Wildman–Crippen LogP) is 13.3. The second kappa shape index (κ2) is 42.2. The summed E-state index contributed by atoms with van der Waals surface area (Å²) in [4.78, 5) is 2.36. The van der Waals surface area contributed by atoms with Crippen LogP contribution in [0.2, 0.25) is 0 Å². The molecule has 0 amide bonds. The van der Waals surface area contributed by atoms with E-state index in [9.17, 15) is 13.5 Å². The molecule has 0 saturated carbocycles. The molecule has 0 aromatic heterocycles. The Kier molecular flexibility index (Phi) is 43.8. The molecule has 0 heterocycles.